The van der Waals surface area contributed by atoms with Crippen LogP contribution in [0.15, 0.2) is 54.6 Å². The van der Waals surface area contributed by atoms with Gasteiger partial charge in [-0.15, -0.1) is 0 Å². The van der Waals surface area contributed by atoms with Crippen LogP contribution in [-0.4, -0.2) is 136 Å². The second-order valence-corrected chi connectivity index (χ2v) is 20.1. The summed E-state index contributed by atoms with van der Waals surface area (Å²) < 4.78 is 0. The number of carbonyl (C=O) groups is 9. The van der Waals surface area contributed by atoms with Crippen LogP contribution in [0.2, 0.25) is 0 Å². The van der Waals surface area contributed by atoms with Gasteiger partial charge < -0.3 is 63.2 Å². The van der Waals surface area contributed by atoms with Crippen molar-refractivity contribution in [3.63, 3.8) is 0 Å². The van der Waals surface area contributed by atoms with Crippen LogP contribution >= 0.6 is 0 Å². The molecule has 73 heavy (non-hydrogen) atoms. The third-order valence-corrected chi connectivity index (χ3v) is 12.6. The van der Waals surface area contributed by atoms with Gasteiger partial charge in [0.25, 0.3) is 0 Å². The molecule has 0 unspecified atom stereocenters. The molecule has 2 aromatic carbocycles. The van der Waals surface area contributed by atoms with Crippen molar-refractivity contribution in [2.45, 2.75) is 162 Å². The topological polar surface area (TPSA) is 323 Å². The van der Waals surface area contributed by atoms with E-state index >= 15 is 0 Å². The van der Waals surface area contributed by atoms with Crippen molar-refractivity contribution in [3.8, 4) is 5.75 Å². The number of carboxylic acids is 1. The zero-order chi connectivity index (χ0) is 54.5. The number of phenols is 1. The maximum absolute atomic E-state index is 14.3. The number of carboxylic acid groups (broad SMARTS) is 1. The maximum atomic E-state index is 14.3. The Morgan fingerprint density at radius 2 is 1.03 bits per heavy atom. The second kappa shape index (κ2) is 29.8. The molecule has 0 bridgehead atoms. The average molecular weight is 1020 g/mol. The van der Waals surface area contributed by atoms with E-state index in [1.54, 1.807) is 84.0 Å². The van der Waals surface area contributed by atoms with Crippen molar-refractivity contribution in [3.05, 3.63) is 65.7 Å². The average Bonchev–Trinajstić information content (AvgIpc) is 3.89. The summed E-state index contributed by atoms with van der Waals surface area (Å²) in [5.41, 5.74) is 1.18. The monoisotopic (exact) mass is 1020 g/mol. The van der Waals surface area contributed by atoms with Gasteiger partial charge >= 0.3 is 5.97 Å². The molecule has 0 aliphatic carbocycles. The van der Waals surface area contributed by atoms with Crippen molar-refractivity contribution in [2.24, 2.45) is 23.7 Å². The standard InChI is InChI=1S/C52H79N9O12/c1-10-31(8)43(61-49(69)39(26-34-18-20-35(63)21-19-34)55-44(64)32(9)54-46(66)37(23-28(2)3)56-45(65)36-17-14-22-53-36)51(71)59-41(27-62)50(70)57-38(24-29(4)5)47(67)58-40(25-33-15-12-11-13-16-33)48(68)60-42(30(6)7)52(72)73/h11-13,15-16,18-21,28-32,36-43,53,62-63H,10,14,17,22-27H2,1-9H3,(H,54,66)(H,55,64)(H,56,65)(H,57,70)(H,58,67)(H,59,71)(H,60,68)(H,61,69)(H,72,73)/t31-,32-,36-,37-,38-,39-,40-,41-,42-,43-/m0/s1. The van der Waals surface area contributed by atoms with Gasteiger partial charge in [-0.05, 0) is 86.1 Å². The van der Waals surface area contributed by atoms with E-state index in [4.69, 9.17) is 0 Å². The van der Waals surface area contributed by atoms with E-state index in [0.29, 0.717) is 36.9 Å². The predicted molar refractivity (Wildman–Crippen MR) is 272 cm³/mol. The van der Waals surface area contributed by atoms with E-state index in [1.807, 2.05) is 13.8 Å². The van der Waals surface area contributed by atoms with Crippen molar-refractivity contribution in [2.75, 3.05) is 13.2 Å². The molecule has 0 radical (unpaired) electrons. The lowest BCUT2D eigenvalue weighted by Crippen LogP contribution is -2.62. The quantitative estimate of drug-likeness (QED) is 0.0535. The molecule has 1 aliphatic heterocycles. The Balaban J connectivity index is 1.82. The van der Waals surface area contributed by atoms with Gasteiger partial charge in [0.1, 0.15) is 54.1 Å². The van der Waals surface area contributed by atoms with Gasteiger partial charge in [0.15, 0.2) is 0 Å². The molecule has 12 N–H and O–H groups in total. The van der Waals surface area contributed by atoms with Crippen molar-refractivity contribution < 1.29 is 58.5 Å². The van der Waals surface area contributed by atoms with E-state index < -0.39 is 120 Å². The SMILES string of the molecule is CC[C@H](C)[C@H](NC(=O)[C@H](Cc1ccc(O)cc1)NC(=O)[C@H](C)NC(=O)[C@H](CC(C)C)NC(=O)[C@@H]1CCCN1)C(=O)N[C@@H](CO)C(=O)N[C@@H](CC(C)C)C(=O)N[C@@H](Cc1ccccc1)C(=O)N[C@H](C(=O)O)C(C)C. The second-order valence-electron chi connectivity index (χ2n) is 20.1. The number of carbonyl (C=O) groups excluding carboxylic acids is 8. The molecule has 1 fully saturated rings. The van der Waals surface area contributed by atoms with Crippen LogP contribution < -0.4 is 47.9 Å². The number of aromatic hydroxyl groups is 1. The molecular weight excluding hydrogens is 943 g/mol. The number of rotatable bonds is 29. The Labute approximate surface area is 428 Å². The minimum Gasteiger partial charge on any atom is -0.508 e. The minimum atomic E-state index is -1.64. The van der Waals surface area contributed by atoms with Crippen LogP contribution in [0.5, 0.6) is 5.75 Å². The summed E-state index contributed by atoms with van der Waals surface area (Å²) in [5, 5.41) is 54.3. The molecule has 3 rings (SSSR count). The van der Waals surface area contributed by atoms with Gasteiger partial charge in [-0.25, -0.2) is 4.79 Å². The number of benzene rings is 2. The molecule has 1 aliphatic rings. The van der Waals surface area contributed by atoms with E-state index in [2.05, 4.69) is 47.9 Å². The molecular formula is C52H79N9O12. The summed E-state index contributed by atoms with van der Waals surface area (Å²) in [7, 11) is 0. The highest BCUT2D eigenvalue weighted by atomic mass is 16.4. The molecule has 1 heterocycles. The highest BCUT2D eigenvalue weighted by Crippen LogP contribution is 2.16. The largest absolute Gasteiger partial charge is 0.508 e. The van der Waals surface area contributed by atoms with Gasteiger partial charge in [0, 0.05) is 12.8 Å². The zero-order valence-corrected chi connectivity index (χ0v) is 43.6. The van der Waals surface area contributed by atoms with Gasteiger partial charge in [-0.3, -0.25) is 38.4 Å². The highest BCUT2D eigenvalue weighted by Gasteiger charge is 2.36. The van der Waals surface area contributed by atoms with E-state index in [1.165, 1.54) is 19.1 Å². The molecule has 10 atom stereocenters. The number of aliphatic hydroxyl groups excluding tert-OH is 1. The number of amides is 8. The summed E-state index contributed by atoms with van der Waals surface area (Å²) in [4.78, 5) is 122. The Hall–Kier alpha value is -6.61. The zero-order valence-electron chi connectivity index (χ0n) is 43.6. The third-order valence-electron chi connectivity index (χ3n) is 12.6. The van der Waals surface area contributed by atoms with Crippen molar-refractivity contribution in [1.82, 2.24) is 47.9 Å². The fourth-order valence-electron chi connectivity index (χ4n) is 8.12. The summed E-state index contributed by atoms with van der Waals surface area (Å²) in [6.45, 7) is 15.2. The van der Waals surface area contributed by atoms with Crippen LogP contribution in [0, 0.1) is 23.7 Å². The lowest BCUT2D eigenvalue weighted by Gasteiger charge is -2.29. The fraction of sp³-hybridized carbons (Fsp3) is 0.596. The van der Waals surface area contributed by atoms with Gasteiger partial charge in [0.2, 0.25) is 47.3 Å². The molecule has 0 spiro atoms. The molecule has 8 amide bonds. The number of hydrogen-bond acceptors (Lipinski definition) is 12. The number of phenolic OH excluding ortho intramolecular Hbond substituents is 1. The van der Waals surface area contributed by atoms with Gasteiger partial charge in [0.05, 0.1) is 12.6 Å². The Morgan fingerprint density at radius 1 is 0.562 bits per heavy atom. The molecule has 21 nitrogen and oxygen atoms in total. The smallest absolute Gasteiger partial charge is 0.326 e. The maximum Gasteiger partial charge on any atom is 0.326 e. The lowest BCUT2D eigenvalue weighted by atomic mass is 9.96. The third kappa shape index (κ3) is 20.1. The number of aliphatic hydroxyl groups is 1. The van der Waals surface area contributed by atoms with Crippen molar-refractivity contribution in [1.29, 1.82) is 0 Å². The summed E-state index contributed by atoms with van der Waals surface area (Å²) in [6, 6.07) is 3.89. The number of aliphatic carboxylic acids is 1. The first-order valence-electron chi connectivity index (χ1n) is 25.3. The van der Waals surface area contributed by atoms with E-state index in [-0.39, 0.29) is 42.8 Å². The first-order chi connectivity index (χ1) is 34.4. The Kier molecular flexibility index (Phi) is 24.8. The van der Waals surface area contributed by atoms with Crippen LogP contribution in [-0.2, 0) is 56.0 Å². The Bertz CT molecular complexity index is 2170. The summed E-state index contributed by atoms with van der Waals surface area (Å²) in [6.07, 6.45) is 2.00. The molecule has 1 saturated heterocycles. The number of hydrogen-bond donors (Lipinski definition) is 12. The lowest BCUT2D eigenvalue weighted by molar-refractivity contribution is -0.143. The first-order valence-corrected chi connectivity index (χ1v) is 25.3. The van der Waals surface area contributed by atoms with E-state index in [9.17, 15) is 58.5 Å². The summed E-state index contributed by atoms with van der Waals surface area (Å²) >= 11 is 0. The van der Waals surface area contributed by atoms with Gasteiger partial charge in [-0.1, -0.05) is 104 Å². The Morgan fingerprint density at radius 3 is 1.52 bits per heavy atom. The summed E-state index contributed by atoms with van der Waals surface area (Å²) in [5.74, 6) is -8.41. The van der Waals surface area contributed by atoms with Crippen LogP contribution in [0.3, 0.4) is 0 Å². The molecule has 21 heteroatoms. The van der Waals surface area contributed by atoms with Crippen LogP contribution in [0.4, 0.5) is 0 Å². The fourth-order valence-corrected chi connectivity index (χ4v) is 8.12. The first kappa shape index (κ1) is 60.7. The van der Waals surface area contributed by atoms with Crippen molar-refractivity contribution >= 4 is 53.2 Å². The number of nitrogens with one attached hydrogen (secondary N) is 9. The minimum absolute atomic E-state index is 0.0120. The molecule has 2 aromatic rings. The van der Waals surface area contributed by atoms with Crippen LogP contribution in [0.25, 0.3) is 0 Å². The van der Waals surface area contributed by atoms with Crippen LogP contribution in [0.1, 0.15) is 106 Å². The molecule has 404 valence electrons. The molecule has 0 aromatic heterocycles. The highest BCUT2D eigenvalue weighted by molar-refractivity contribution is 5.98. The van der Waals surface area contributed by atoms with Gasteiger partial charge in [-0.2, -0.15) is 0 Å². The molecule has 0 saturated carbocycles. The predicted octanol–water partition coefficient (Wildman–Crippen LogP) is 0.699. The normalized spacial score (nSPS) is 17.1. The van der Waals surface area contributed by atoms with E-state index in [0.717, 1.165) is 6.42 Å².